The van der Waals surface area contributed by atoms with Crippen molar-refractivity contribution in [2.24, 2.45) is 5.73 Å². The largest absolute Gasteiger partial charge is 0.327 e. The standard InChI is InChI=1S/C8H11FN2/c1-6-2-3-11-5-7(6)8(9)4-10/h2-3,5,8H,4,10H2,1H3. The lowest BCUT2D eigenvalue weighted by atomic mass is 10.1. The minimum Gasteiger partial charge on any atom is -0.327 e. The first-order chi connectivity index (χ1) is 5.25. The fraction of sp³-hybridized carbons (Fsp3) is 0.375. The molecular formula is C8H11FN2. The Morgan fingerprint density at radius 3 is 3.00 bits per heavy atom. The molecule has 3 heteroatoms. The molecule has 0 spiro atoms. The topological polar surface area (TPSA) is 38.9 Å². The molecule has 60 valence electrons. The summed E-state index contributed by atoms with van der Waals surface area (Å²) in [5, 5.41) is 0. The number of alkyl halides is 1. The molecule has 0 aliphatic heterocycles. The molecule has 2 nitrogen and oxygen atoms in total. The number of pyridine rings is 1. The molecule has 0 radical (unpaired) electrons. The lowest BCUT2D eigenvalue weighted by Gasteiger charge is -2.06. The van der Waals surface area contributed by atoms with Crippen LogP contribution in [0.4, 0.5) is 4.39 Å². The zero-order valence-corrected chi connectivity index (χ0v) is 6.42. The summed E-state index contributed by atoms with van der Waals surface area (Å²) in [5.74, 6) is 0. The molecule has 1 unspecified atom stereocenters. The van der Waals surface area contributed by atoms with Crippen molar-refractivity contribution in [3.05, 3.63) is 29.6 Å². The van der Waals surface area contributed by atoms with Crippen molar-refractivity contribution < 1.29 is 4.39 Å². The number of nitrogens with zero attached hydrogens (tertiary/aromatic N) is 1. The molecule has 0 fully saturated rings. The summed E-state index contributed by atoms with van der Waals surface area (Å²) >= 11 is 0. The zero-order valence-electron chi connectivity index (χ0n) is 6.42. The second kappa shape index (κ2) is 3.44. The maximum absolute atomic E-state index is 13.0. The van der Waals surface area contributed by atoms with Gasteiger partial charge in [0, 0.05) is 24.5 Å². The molecule has 1 rings (SSSR count). The third kappa shape index (κ3) is 1.74. The fourth-order valence-electron chi connectivity index (χ4n) is 0.931. The van der Waals surface area contributed by atoms with Gasteiger partial charge in [0.15, 0.2) is 0 Å². The Hall–Kier alpha value is -0.960. The van der Waals surface area contributed by atoms with E-state index in [1.807, 2.05) is 6.92 Å². The summed E-state index contributed by atoms with van der Waals surface area (Å²) in [6, 6.07) is 1.78. The molecule has 2 N–H and O–H groups in total. The van der Waals surface area contributed by atoms with Crippen LogP contribution in [0.3, 0.4) is 0 Å². The van der Waals surface area contributed by atoms with Crippen LogP contribution in [0.25, 0.3) is 0 Å². The molecule has 0 aliphatic carbocycles. The summed E-state index contributed by atoms with van der Waals surface area (Å²) in [6.45, 7) is 1.87. The molecule has 0 bridgehead atoms. The van der Waals surface area contributed by atoms with Crippen molar-refractivity contribution in [2.45, 2.75) is 13.1 Å². The maximum atomic E-state index is 13.0. The SMILES string of the molecule is Cc1ccncc1C(F)CN. The summed E-state index contributed by atoms with van der Waals surface area (Å²) in [4.78, 5) is 3.82. The van der Waals surface area contributed by atoms with Crippen LogP contribution in [-0.2, 0) is 0 Å². The normalized spacial score (nSPS) is 13.0. The van der Waals surface area contributed by atoms with Crippen LogP contribution in [0, 0.1) is 6.92 Å². The molecule has 0 saturated carbocycles. The predicted octanol–water partition coefficient (Wildman–Crippen LogP) is 1.36. The van der Waals surface area contributed by atoms with Gasteiger partial charge in [0.1, 0.15) is 6.17 Å². The fourth-order valence-corrected chi connectivity index (χ4v) is 0.931. The molecule has 0 aromatic carbocycles. The van der Waals surface area contributed by atoms with Crippen molar-refractivity contribution in [2.75, 3.05) is 6.54 Å². The van der Waals surface area contributed by atoms with E-state index < -0.39 is 6.17 Å². The smallest absolute Gasteiger partial charge is 0.139 e. The number of aromatic nitrogens is 1. The van der Waals surface area contributed by atoms with Crippen molar-refractivity contribution in [3.63, 3.8) is 0 Å². The molecular weight excluding hydrogens is 143 g/mol. The van der Waals surface area contributed by atoms with Gasteiger partial charge in [-0.1, -0.05) is 0 Å². The second-order valence-corrected chi connectivity index (χ2v) is 2.44. The lowest BCUT2D eigenvalue weighted by Crippen LogP contribution is -2.09. The molecule has 1 atom stereocenters. The molecule has 0 saturated heterocycles. The van der Waals surface area contributed by atoms with Gasteiger partial charge in [-0.2, -0.15) is 0 Å². The highest BCUT2D eigenvalue weighted by atomic mass is 19.1. The highest BCUT2D eigenvalue weighted by molar-refractivity contribution is 5.23. The van der Waals surface area contributed by atoms with Crippen LogP contribution >= 0.6 is 0 Å². The molecule has 1 heterocycles. The van der Waals surface area contributed by atoms with E-state index in [9.17, 15) is 4.39 Å². The predicted molar refractivity (Wildman–Crippen MR) is 41.9 cm³/mol. The highest BCUT2D eigenvalue weighted by Gasteiger charge is 2.08. The second-order valence-electron chi connectivity index (χ2n) is 2.44. The van der Waals surface area contributed by atoms with E-state index in [1.54, 1.807) is 12.3 Å². The number of rotatable bonds is 2. The average Bonchev–Trinajstić information content (AvgIpc) is 2.04. The third-order valence-electron chi connectivity index (χ3n) is 1.62. The molecule has 1 aromatic rings. The zero-order chi connectivity index (χ0) is 8.27. The third-order valence-corrected chi connectivity index (χ3v) is 1.62. The summed E-state index contributed by atoms with van der Waals surface area (Å²) in [7, 11) is 0. The Bertz CT molecular complexity index is 237. The van der Waals surface area contributed by atoms with Crippen LogP contribution in [0.2, 0.25) is 0 Å². The van der Waals surface area contributed by atoms with Gasteiger partial charge in [0.25, 0.3) is 0 Å². The number of hydrogen-bond acceptors (Lipinski definition) is 2. The van der Waals surface area contributed by atoms with Gasteiger partial charge in [-0.25, -0.2) is 4.39 Å². The van der Waals surface area contributed by atoms with E-state index in [0.29, 0.717) is 5.56 Å². The number of nitrogens with two attached hydrogens (primary N) is 1. The monoisotopic (exact) mass is 154 g/mol. The Morgan fingerprint density at radius 2 is 2.45 bits per heavy atom. The van der Waals surface area contributed by atoms with E-state index in [-0.39, 0.29) is 6.54 Å². The van der Waals surface area contributed by atoms with Crippen molar-refractivity contribution in [1.82, 2.24) is 4.98 Å². The number of aryl methyl sites for hydroxylation is 1. The van der Waals surface area contributed by atoms with Gasteiger partial charge < -0.3 is 5.73 Å². The Kier molecular flexibility index (Phi) is 2.54. The number of halogens is 1. The van der Waals surface area contributed by atoms with Gasteiger partial charge in [-0.05, 0) is 18.6 Å². The van der Waals surface area contributed by atoms with Gasteiger partial charge >= 0.3 is 0 Å². The minimum absolute atomic E-state index is 0.0204. The van der Waals surface area contributed by atoms with E-state index >= 15 is 0 Å². The van der Waals surface area contributed by atoms with E-state index in [2.05, 4.69) is 4.98 Å². The van der Waals surface area contributed by atoms with Crippen molar-refractivity contribution in [3.8, 4) is 0 Å². The van der Waals surface area contributed by atoms with E-state index in [4.69, 9.17) is 5.73 Å². The first kappa shape index (κ1) is 8.14. The first-order valence-electron chi connectivity index (χ1n) is 3.50. The van der Waals surface area contributed by atoms with Gasteiger partial charge in [0.05, 0.1) is 0 Å². The summed E-state index contributed by atoms with van der Waals surface area (Å²) in [6.07, 6.45) is 2.08. The molecule has 1 aromatic heterocycles. The Labute approximate surface area is 65.3 Å². The summed E-state index contributed by atoms with van der Waals surface area (Å²) < 4.78 is 13.0. The van der Waals surface area contributed by atoms with Crippen molar-refractivity contribution in [1.29, 1.82) is 0 Å². The lowest BCUT2D eigenvalue weighted by molar-refractivity contribution is 0.351. The number of hydrogen-bond donors (Lipinski definition) is 1. The van der Waals surface area contributed by atoms with E-state index in [0.717, 1.165) is 5.56 Å². The Morgan fingerprint density at radius 1 is 1.73 bits per heavy atom. The first-order valence-corrected chi connectivity index (χ1v) is 3.50. The van der Waals surface area contributed by atoms with Crippen molar-refractivity contribution >= 4 is 0 Å². The Balaban J connectivity index is 2.93. The average molecular weight is 154 g/mol. The van der Waals surface area contributed by atoms with Crippen LogP contribution in [-0.4, -0.2) is 11.5 Å². The van der Waals surface area contributed by atoms with E-state index in [1.165, 1.54) is 6.20 Å². The van der Waals surface area contributed by atoms with Crippen LogP contribution in [0.5, 0.6) is 0 Å². The minimum atomic E-state index is -1.08. The molecule has 0 amide bonds. The van der Waals surface area contributed by atoms with Gasteiger partial charge in [-0.3, -0.25) is 4.98 Å². The summed E-state index contributed by atoms with van der Waals surface area (Å²) in [5.41, 5.74) is 6.66. The molecule has 11 heavy (non-hydrogen) atoms. The van der Waals surface area contributed by atoms with Crippen LogP contribution in [0.1, 0.15) is 17.3 Å². The van der Waals surface area contributed by atoms with Crippen LogP contribution < -0.4 is 5.73 Å². The van der Waals surface area contributed by atoms with Crippen LogP contribution in [0.15, 0.2) is 18.5 Å². The van der Waals surface area contributed by atoms with Gasteiger partial charge in [-0.15, -0.1) is 0 Å². The highest BCUT2D eigenvalue weighted by Crippen LogP contribution is 2.17. The van der Waals surface area contributed by atoms with Gasteiger partial charge in [0.2, 0.25) is 0 Å². The maximum Gasteiger partial charge on any atom is 0.139 e. The molecule has 0 aliphatic rings. The quantitative estimate of drug-likeness (QED) is 0.698.